The van der Waals surface area contributed by atoms with Crippen LogP contribution in [0.25, 0.3) is 0 Å². The molecule has 0 radical (unpaired) electrons. The summed E-state index contributed by atoms with van der Waals surface area (Å²) in [5.74, 6) is 0. The van der Waals surface area contributed by atoms with Crippen LogP contribution in [-0.4, -0.2) is 23.8 Å². The van der Waals surface area contributed by atoms with Crippen molar-refractivity contribution in [1.29, 1.82) is 5.26 Å². The third-order valence-electron chi connectivity index (χ3n) is 2.84. The number of hydrogen-bond acceptors (Lipinski definition) is 3. The molecule has 0 amide bonds. The standard InChI is InChI=1S/C12H14N2O/c13-8-11-3-1-10(2-4-11)7-12(15)5-6-14-9-12/h1-4,14-15H,5-7,9H2. The average Bonchev–Trinajstić information content (AvgIpc) is 2.66. The van der Waals surface area contributed by atoms with Crippen molar-refractivity contribution in [3.8, 4) is 6.07 Å². The fraction of sp³-hybridized carbons (Fsp3) is 0.417. The molecular weight excluding hydrogens is 188 g/mol. The summed E-state index contributed by atoms with van der Waals surface area (Å²) in [6.45, 7) is 1.54. The molecule has 1 fully saturated rings. The van der Waals surface area contributed by atoms with E-state index in [0.717, 1.165) is 18.5 Å². The maximum absolute atomic E-state index is 10.1. The second-order valence-electron chi connectivity index (χ2n) is 4.14. The molecule has 0 saturated carbocycles. The van der Waals surface area contributed by atoms with Crippen molar-refractivity contribution in [3.63, 3.8) is 0 Å². The van der Waals surface area contributed by atoms with E-state index in [1.807, 2.05) is 12.1 Å². The molecule has 1 aliphatic heterocycles. The first-order chi connectivity index (χ1) is 7.22. The van der Waals surface area contributed by atoms with Gasteiger partial charge in [0.15, 0.2) is 0 Å². The van der Waals surface area contributed by atoms with E-state index >= 15 is 0 Å². The molecule has 0 spiro atoms. The Hall–Kier alpha value is -1.37. The summed E-state index contributed by atoms with van der Waals surface area (Å²) in [5.41, 5.74) is 1.14. The van der Waals surface area contributed by atoms with Crippen LogP contribution in [0.1, 0.15) is 17.5 Å². The van der Waals surface area contributed by atoms with Crippen LogP contribution in [0, 0.1) is 11.3 Å². The summed E-state index contributed by atoms with van der Waals surface area (Å²) in [7, 11) is 0. The summed E-state index contributed by atoms with van der Waals surface area (Å²) < 4.78 is 0. The minimum absolute atomic E-state index is 0.603. The molecular formula is C12H14N2O. The predicted molar refractivity (Wildman–Crippen MR) is 57.3 cm³/mol. The molecule has 15 heavy (non-hydrogen) atoms. The zero-order chi connectivity index (χ0) is 10.7. The number of hydrogen-bond donors (Lipinski definition) is 2. The van der Waals surface area contributed by atoms with Crippen LogP contribution in [0.5, 0.6) is 0 Å². The van der Waals surface area contributed by atoms with E-state index in [2.05, 4.69) is 11.4 Å². The van der Waals surface area contributed by atoms with Gasteiger partial charge in [0.25, 0.3) is 0 Å². The molecule has 1 aliphatic rings. The van der Waals surface area contributed by atoms with Gasteiger partial charge in [0.2, 0.25) is 0 Å². The third kappa shape index (κ3) is 2.35. The smallest absolute Gasteiger partial charge is 0.0991 e. The fourth-order valence-electron chi connectivity index (χ4n) is 1.96. The summed E-state index contributed by atoms with van der Waals surface area (Å²) >= 11 is 0. The predicted octanol–water partition coefficient (Wildman–Crippen LogP) is 0.825. The first-order valence-electron chi connectivity index (χ1n) is 5.14. The van der Waals surface area contributed by atoms with Gasteiger partial charge in [0.1, 0.15) is 0 Å². The molecule has 0 aliphatic carbocycles. The molecule has 0 bridgehead atoms. The zero-order valence-electron chi connectivity index (χ0n) is 8.53. The number of nitrogens with zero attached hydrogens (tertiary/aromatic N) is 1. The lowest BCUT2D eigenvalue weighted by molar-refractivity contribution is 0.0619. The molecule has 2 N–H and O–H groups in total. The number of benzene rings is 1. The highest BCUT2D eigenvalue weighted by atomic mass is 16.3. The maximum atomic E-state index is 10.1. The van der Waals surface area contributed by atoms with Gasteiger partial charge >= 0.3 is 0 Å². The first kappa shape index (κ1) is 10.2. The van der Waals surface area contributed by atoms with Gasteiger partial charge in [-0.25, -0.2) is 0 Å². The lowest BCUT2D eigenvalue weighted by atomic mass is 9.93. The fourth-order valence-corrected chi connectivity index (χ4v) is 1.96. The Morgan fingerprint density at radius 2 is 2.13 bits per heavy atom. The average molecular weight is 202 g/mol. The largest absolute Gasteiger partial charge is 0.388 e. The normalized spacial score (nSPS) is 25.1. The van der Waals surface area contributed by atoms with Crippen LogP contribution in [-0.2, 0) is 6.42 Å². The van der Waals surface area contributed by atoms with Gasteiger partial charge in [-0.2, -0.15) is 5.26 Å². The van der Waals surface area contributed by atoms with Gasteiger partial charge in [-0.15, -0.1) is 0 Å². The van der Waals surface area contributed by atoms with Gasteiger partial charge in [-0.1, -0.05) is 12.1 Å². The van der Waals surface area contributed by atoms with E-state index in [1.54, 1.807) is 12.1 Å². The SMILES string of the molecule is N#Cc1ccc(CC2(O)CCNC2)cc1. The monoisotopic (exact) mass is 202 g/mol. The van der Waals surface area contributed by atoms with Crippen molar-refractivity contribution in [2.24, 2.45) is 0 Å². The molecule has 1 heterocycles. The highest BCUT2D eigenvalue weighted by Crippen LogP contribution is 2.20. The Kier molecular flexibility index (Phi) is 2.72. The van der Waals surface area contributed by atoms with E-state index in [9.17, 15) is 5.11 Å². The van der Waals surface area contributed by atoms with E-state index in [0.29, 0.717) is 18.5 Å². The molecule has 1 atom stereocenters. The number of β-amino-alcohol motifs (C(OH)–C–C–N with tert-alkyl or cyclic N) is 1. The Bertz CT molecular complexity index is 372. The number of nitriles is 1. The van der Waals surface area contributed by atoms with Crippen molar-refractivity contribution in [2.75, 3.05) is 13.1 Å². The lowest BCUT2D eigenvalue weighted by Crippen LogP contribution is -2.33. The number of rotatable bonds is 2. The second kappa shape index (κ2) is 4.01. The van der Waals surface area contributed by atoms with Gasteiger partial charge in [0, 0.05) is 13.0 Å². The van der Waals surface area contributed by atoms with Crippen LogP contribution in [0.3, 0.4) is 0 Å². The van der Waals surface area contributed by atoms with Crippen LogP contribution < -0.4 is 5.32 Å². The highest BCUT2D eigenvalue weighted by molar-refractivity contribution is 5.32. The Labute approximate surface area is 89.4 Å². The minimum atomic E-state index is -0.603. The summed E-state index contributed by atoms with van der Waals surface area (Å²) in [5, 5.41) is 22.0. The summed E-state index contributed by atoms with van der Waals surface area (Å²) in [6.07, 6.45) is 1.46. The maximum Gasteiger partial charge on any atom is 0.0991 e. The number of nitrogens with one attached hydrogen (secondary N) is 1. The van der Waals surface area contributed by atoms with Gasteiger partial charge in [-0.3, -0.25) is 0 Å². The molecule has 1 saturated heterocycles. The summed E-state index contributed by atoms with van der Waals surface area (Å²) in [4.78, 5) is 0. The Morgan fingerprint density at radius 1 is 1.40 bits per heavy atom. The van der Waals surface area contributed by atoms with E-state index in [4.69, 9.17) is 5.26 Å². The molecule has 78 valence electrons. The molecule has 1 aromatic carbocycles. The second-order valence-corrected chi connectivity index (χ2v) is 4.14. The molecule has 2 rings (SSSR count). The topological polar surface area (TPSA) is 56.0 Å². The first-order valence-corrected chi connectivity index (χ1v) is 5.14. The molecule has 3 nitrogen and oxygen atoms in total. The van der Waals surface area contributed by atoms with E-state index < -0.39 is 5.60 Å². The molecule has 1 unspecified atom stereocenters. The van der Waals surface area contributed by atoms with Crippen molar-refractivity contribution in [2.45, 2.75) is 18.4 Å². The van der Waals surface area contributed by atoms with Crippen LogP contribution in [0.2, 0.25) is 0 Å². The van der Waals surface area contributed by atoms with Crippen molar-refractivity contribution >= 4 is 0 Å². The van der Waals surface area contributed by atoms with Gasteiger partial charge < -0.3 is 10.4 Å². The van der Waals surface area contributed by atoms with E-state index in [1.165, 1.54) is 0 Å². The Morgan fingerprint density at radius 3 is 2.67 bits per heavy atom. The van der Waals surface area contributed by atoms with Crippen LogP contribution >= 0.6 is 0 Å². The zero-order valence-corrected chi connectivity index (χ0v) is 8.53. The highest BCUT2D eigenvalue weighted by Gasteiger charge is 2.30. The van der Waals surface area contributed by atoms with Crippen molar-refractivity contribution in [3.05, 3.63) is 35.4 Å². The summed E-state index contributed by atoms with van der Waals surface area (Å²) in [6, 6.07) is 9.49. The molecule has 0 aromatic heterocycles. The van der Waals surface area contributed by atoms with Crippen molar-refractivity contribution < 1.29 is 5.11 Å². The minimum Gasteiger partial charge on any atom is -0.388 e. The third-order valence-corrected chi connectivity index (χ3v) is 2.84. The van der Waals surface area contributed by atoms with Crippen LogP contribution in [0.4, 0.5) is 0 Å². The molecule has 1 aromatic rings. The lowest BCUT2D eigenvalue weighted by Gasteiger charge is -2.21. The van der Waals surface area contributed by atoms with E-state index in [-0.39, 0.29) is 0 Å². The quantitative estimate of drug-likeness (QED) is 0.746. The number of aliphatic hydroxyl groups is 1. The van der Waals surface area contributed by atoms with Crippen molar-refractivity contribution in [1.82, 2.24) is 5.32 Å². The van der Waals surface area contributed by atoms with Crippen LogP contribution in [0.15, 0.2) is 24.3 Å². The van der Waals surface area contributed by atoms with Gasteiger partial charge in [0.05, 0.1) is 17.2 Å². The van der Waals surface area contributed by atoms with Gasteiger partial charge in [-0.05, 0) is 30.7 Å². The Balaban J connectivity index is 2.08. The molecule has 3 heteroatoms.